The molecule has 1 N–H and O–H groups in total. The molecule has 0 atom stereocenters. The molecule has 6 aromatic carbocycles. The molecule has 0 aliphatic heterocycles. The molecule has 0 bridgehead atoms. The number of aromatic hydroxyl groups is 1. The number of nitrogens with zero attached hydrogens (tertiary/aromatic N) is 3. The van der Waals surface area contributed by atoms with Crippen molar-refractivity contribution >= 4 is 11.0 Å². The Bertz CT molecular complexity index is 2850. The number of benzene rings is 6. The number of para-hydroxylation sites is 2. The molecule has 0 radical (unpaired) electrons. The third kappa shape index (κ3) is 6.23. The van der Waals surface area contributed by atoms with Crippen molar-refractivity contribution in [1.82, 2.24) is 14.5 Å². The van der Waals surface area contributed by atoms with Gasteiger partial charge >= 0.3 is 0 Å². The molecule has 0 amide bonds. The second-order valence-corrected chi connectivity index (χ2v) is 15.8. The molecule has 8 aromatic rings. The van der Waals surface area contributed by atoms with Gasteiger partial charge in [0.15, 0.2) is 0 Å². The zero-order valence-electron chi connectivity index (χ0n) is 34.4. The van der Waals surface area contributed by atoms with Gasteiger partial charge in [-0.05, 0) is 82.0 Å². The van der Waals surface area contributed by atoms with E-state index in [1.165, 1.54) is 11.1 Å². The Morgan fingerprint density at radius 3 is 2.18 bits per heavy atom. The first-order valence-corrected chi connectivity index (χ1v) is 18.4. The fourth-order valence-corrected chi connectivity index (χ4v) is 7.96. The van der Waals surface area contributed by atoms with Crippen molar-refractivity contribution in [2.75, 3.05) is 0 Å². The predicted octanol–water partition coefficient (Wildman–Crippen LogP) is 12.5. The van der Waals surface area contributed by atoms with Crippen molar-refractivity contribution < 1.29 is 30.3 Å². The average molecular weight is 899 g/mol. The Morgan fingerprint density at radius 2 is 1.42 bits per heavy atom. The van der Waals surface area contributed by atoms with Crippen LogP contribution < -0.4 is 0 Å². The number of aromatic nitrogens is 3. The number of pyridine rings is 1. The van der Waals surface area contributed by atoms with E-state index >= 15 is 0 Å². The van der Waals surface area contributed by atoms with Crippen molar-refractivity contribution in [3.05, 3.63) is 168 Å². The van der Waals surface area contributed by atoms with Crippen LogP contribution in [0.15, 0.2) is 140 Å². The van der Waals surface area contributed by atoms with Gasteiger partial charge < -0.3 is 5.11 Å². The summed E-state index contributed by atoms with van der Waals surface area (Å²) in [6, 6.07) is 48.0. The van der Waals surface area contributed by atoms with E-state index in [-0.39, 0.29) is 37.6 Å². The van der Waals surface area contributed by atoms with Gasteiger partial charge in [0, 0.05) is 48.2 Å². The number of hydrogen-bond donors (Lipinski definition) is 1. The van der Waals surface area contributed by atoms with Gasteiger partial charge in [-0.1, -0.05) is 136 Å². The largest absolute Gasteiger partial charge is 0.507 e. The SMILES string of the molecule is [2H]C([2H])([2H])c1ccc(-c2ccnc(-c3[c-]c(-c4cccc5c4nc(-c4cc6c(cc4O)C(C)(C)c4ccccc4-6)n5-c4ccccc4)cc(C(C)(C)C)c3)c2)cc1.[Pt]. The predicted molar refractivity (Wildman–Crippen MR) is 222 cm³/mol. The van der Waals surface area contributed by atoms with Crippen molar-refractivity contribution in [2.45, 2.75) is 52.3 Å². The van der Waals surface area contributed by atoms with E-state index in [1.54, 1.807) is 18.3 Å². The first-order chi connectivity index (χ1) is 27.2. The van der Waals surface area contributed by atoms with E-state index in [0.717, 1.165) is 66.9 Å². The van der Waals surface area contributed by atoms with Crippen LogP contribution >= 0.6 is 0 Å². The summed E-state index contributed by atoms with van der Waals surface area (Å²) in [7, 11) is 0. The zero-order chi connectivity index (χ0) is 39.9. The van der Waals surface area contributed by atoms with Gasteiger partial charge in [0.25, 0.3) is 0 Å². The minimum Gasteiger partial charge on any atom is -0.507 e. The molecule has 2 heterocycles. The molecule has 9 rings (SSSR count). The molecule has 274 valence electrons. The molecule has 1 aliphatic carbocycles. The van der Waals surface area contributed by atoms with Gasteiger partial charge in [0.1, 0.15) is 11.6 Å². The standard InChI is InChI=1S/C50H42N3O.Pt/c1-31-19-21-32(22-20-31)33-23-24-51-44(28-33)35-25-34(26-36(27-35)49(2,3)4)38-16-12-18-45-47(38)52-48(53(45)37-13-8-7-9-14-37)41-29-40-39-15-10-11-17-42(39)50(5,6)43(40)30-46(41)54;/h7-24,26-30,54H,1-6H3;/q-1;/i1D3;. The quantitative estimate of drug-likeness (QED) is 0.175. The zero-order valence-corrected chi connectivity index (χ0v) is 33.7. The first kappa shape index (κ1) is 32.8. The van der Waals surface area contributed by atoms with Crippen LogP contribution in [0.2, 0.25) is 0 Å². The Balaban J connectivity index is 0.00000469. The smallest absolute Gasteiger partial charge is 0.148 e. The van der Waals surface area contributed by atoms with Crippen LogP contribution in [0.3, 0.4) is 0 Å². The van der Waals surface area contributed by atoms with Crippen LogP contribution in [-0.4, -0.2) is 19.6 Å². The van der Waals surface area contributed by atoms with Crippen LogP contribution in [-0.2, 0) is 31.9 Å². The third-order valence-electron chi connectivity index (χ3n) is 10.9. The Labute approximate surface area is 342 Å². The summed E-state index contributed by atoms with van der Waals surface area (Å²) in [5.41, 5.74) is 14.2. The summed E-state index contributed by atoms with van der Waals surface area (Å²) < 4.78 is 25.5. The number of rotatable bonds is 5. The number of imidazole rings is 1. The fraction of sp³-hybridized carbons (Fsp3) is 0.160. The van der Waals surface area contributed by atoms with E-state index in [4.69, 9.17) is 14.1 Å². The van der Waals surface area contributed by atoms with E-state index in [2.05, 4.69) is 118 Å². The number of phenolic OH excluding ortho intramolecular Hbond substituents is 1. The molecular formula is C50H42N3OPt-. The maximum atomic E-state index is 11.9. The summed E-state index contributed by atoms with van der Waals surface area (Å²) in [5.74, 6) is 0.837. The Hall–Kier alpha value is -5.57. The van der Waals surface area contributed by atoms with E-state index in [0.29, 0.717) is 17.0 Å². The minimum atomic E-state index is -2.16. The number of fused-ring (bicyclic) bond motifs is 4. The molecule has 0 spiro atoms. The maximum absolute atomic E-state index is 11.9. The molecule has 0 saturated carbocycles. The van der Waals surface area contributed by atoms with Crippen LogP contribution in [0.5, 0.6) is 5.75 Å². The number of aryl methyl sites for hydroxylation is 1. The molecule has 1 aliphatic rings. The molecule has 2 aromatic heterocycles. The van der Waals surface area contributed by atoms with Gasteiger partial charge in [-0.15, -0.1) is 29.3 Å². The maximum Gasteiger partial charge on any atom is 0.148 e. The Morgan fingerprint density at radius 1 is 0.691 bits per heavy atom. The van der Waals surface area contributed by atoms with Gasteiger partial charge in [-0.25, -0.2) is 4.98 Å². The molecule has 0 fully saturated rings. The van der Waals surface area contributed by atoms with E-state index < -0.39 is 6.85 Å². The van der Waals surface area contributed by atoms with Gasteiger partial charge in [0.2, 0.25) is 0 Å². The van der Waals surface area contributed by atoms with Crippen molar-refractivity contribution in [2.24, 2.45) is 0 Å². The average Bonchev–Trinajstić information content (AvgIpc) is 3.69. The van der Waals surface area contributed by atoms with Gasteiger partial charge in [0.05, 0.1) is 16.6 Å². The molecular weight excluding hydrogens is 854 g/mol. The molecule has 5 heteroatoms. The molecule has 4 nitrogen and oxygen atoms in total. The normalized spacial score (nSPS) is 14.0. The molecule has 0 saturated heterocycles. The van der Waals surface area contributed by atoms with Crippen LogP contribution in [0.25, 0.3) is 72.7 Å². The van der Waals surface area contributed by atoms with Crippen LogP contribution in [0, 0.1) is 12.9 Å². The van der Waals surface area contributed by atoms with Gasteiger partial charge in [-0.3, -0.25) is 9.55 Å². The summed E-state index contributed by atoms with van der Waals surface area (Å²) in [4.78, 5) is 10.2. The van der Waals surface area contributed by atoms with Crippen molar-refractivity contribution in [3.63, 3.8) is 0 Å². The van der Waals surface area contributed by atoms with Gasteiger partial charge in [-0.2, -0.15) is 0 Å². The number of phenols is 1. The van der Waals surface area contributed by atoms with Crippen molar-refractivity contribution in [3.8, 4) is 67.5 Å². The summed E-state index contributed by atoms with van der Waals surface area (Å²) >= 11 is 0. The monoisotopic (exact) mass is 898 g/mol. The summed E-state index contributed by atoms with van der Waals surface area (Å²) in [5, 5.41) is 11.9. The third-order valence-corrected chi connectivity index (χ3v) is 10.9. The molecule has 55 heavy (non-hydrogen) atoms. The van der Waals surface area contributed by atoms with E-state index in [9.17, 15) is 5.11 Å². The first-order valence-electron chi connectivity index (χ1n) is 19.9. The van der Waals surface area contributed by atoms with Crippen LogP contribution in [0.4, 0.5) is 0 Å². The fourth-order valence-electron chi connectivity index (χ4n) is 7.96. The summed E-state index contributed by atoms with van der Waals surface area (Å²) in [6.07, 6.45) is 1.79. The number of hydrogen-bond acceptors (Lipinski definition) is 3. The second-order valence-electron chi connectivity index (χ2n) is 15.8. The van der Waals surface area contributed by atoms with Crippen molar-refractivity contribution in [1.29, 1.82) is 0 Å². The Kier molecular flexibility index (Phi) is 8.13. The summed E-state index contributed by atoms with van der Waals surface area (Å²) in [6.45, 7) is 8.86. The van der Waals surface area contributed by atoms with E-state index in [1.807, 2.05) is 48.5 Å². The van der Waals surface area contributed by atoms with Crippen LogP contribution in [0.1, 0.15) is 61.0 Å². The second kappa shape index (κ2) is 13.6. The molecule has 0 unspecified atom stereocenters. The topological polar surface area (TPSA) is 50.9 Å². The minimum absolute atomic E-state index is 0.